The van der Waals surface area contributed by atoms with Crippen molar-refractivity contribution in [1.82, 2.24) is 14.5 Å². The molecule has 0 aliphatic carbocycles. The van der Waals surface area contributed by atoms with Crippen LogP contribution in [0.4, 0.5) is 0 Å². The van der Waals surface area contributed by atoms with Gasteiger partial charge in [-0.05, 0) is 26.2 Å². The quantitative estimate of drug-likeness (QED) is 0.764. The van der Waals surface area contributed by atoms with E-state index in [1.165, 1.54) is 0 Å². The first-order chi connectivity index (χ1) is 9.13. The van der Waals surface area contributed by atoms with Gasteiger partial charge in [0.2, 0.25) is 0 Å². The molecule has 1 saturated heterocycles. The lowest BCUT2D eigenvalue weighted by molar-refractivity contribution is -0.149. The highest BCUT2D eigenvalue weighted by atomic mass is 16.5. The number of likely N-dealkylation sites (tertiary alicyclic amines) is 1. The molecule has 19 heavy (non-hydrogen) atoms. The molecule has 1 aromatic rings. The molecule has 2 heterocycles. The van der Waals surface area contributed by atoms with E-state index in [-0.39, 0.29) is 11.9 Å². The zero-order chi connectivity index (χ0) is 13.8. The van der Waals surface area contributed by atoms with E-state index in [0.29, 0.717) is 25.3 Å². The van der Waals surface area contributed by atoms with E-state index < -0.39 is 6.04 Å². The van der Waals surface area contributed by atoms with Gasteiger partial charge >= 0.3 is 5.97 Å². The molecule has 0 saturated carbocycles. The lowest BCUT2D eigenvalue weighted by atomic mass is 10.0. The monoisotopic (exact) mass is 265 g/mol. The number of aryl methyl sites for hydroxylation is 1. The number of piperidine rings is 1. The van der Waals surface area contributed by atoms with Crippen LogP contribution >= 0.6 is 0 Å². The van der Waals surface area contributed by atoms with E-state index >= 15 is 0 Å². The molecule has 1 aromatic heterocycles. The van der Waals surface area contributed by atoms with Gasteiger partial charge in [0, 0.05) is 19.8 Å². The molecule has 0 bridgehead atoms. The fourth-order valence-corrected chi connectivity index (χ4v) is 2.33. The van der Waals surface area contributed by atoms with Gasteiger partial charge in [-0.2, -0.15) is 0 Å². The molecule has 0 aromatic carbocycles. The fraction of sp³-hybridized carbons (Fsp3) is 0.615. The number of carbonyl (C=O) groups is 2. The maximum Gasteiger partial charge on any atom is 0.328 e. The van der Waals surface area contributed by atoms with Crippen molar-refractivity contribution in [3.05, 3.63) is 18.2 Å². The minimum atomic E-state index is -0.469. The van der Waals surface area contributed by atoms with Crippen molar-refractivity contribution in [2.24, 2.45) is 7.05 Å². The Kier molecular flexibility index (Phi) is 4.19. The van der Waals surface area contributed by atoms with Crippen LogP contribution < -0.4 is 0 Å². The Morgan fingerprint density at radius 1 is 1.47 bits per heavy atom. The fourth-order valence-electron chi connectivity index (χ4n) is 2.33. The molecule has 1 aliphatic rings. The summed E-state index contributed by atoms with van der Waals surface area (Å²) in [6.07, 6.45) is 5.76. The maximum absolute atomic E-state index is 12.4. The number of rotatable bonds is 3. The molecule has 0 N–H and O–H groups in total. The van der Waals surface area contributed by atoms with Crippen LogP contribution in [0.3, 0.4) is 0 Å². The Morgan fingerprint density at radius 2 is 2.26 bits per heavy atom. The average Bonchev–Trinajstić information content (AvgIpc) is 2.85. The first kappa shape index (κ1) is 13.6. The number of hydrogen-bond acceptors (Lipinski definition) is 4. The third-order valence-corrected chi connectivity index (χ3v) is 3.25. The summed E-state index contributed by atoms with van der Waals surface area (Å²) in [6, 6.07) is -0.469. The van der Waals surface area contributed by atoms with E-state index in [4.69, 9.17) is 4.74 Å². The molecule has 6 nitrogen and oxygen atoms in total. The molecular formula is C13H19N3O3. The zero-order valence-electron chi connectivity index (χ0n) is 11.3. The van der Waals surface area contributed by atoms with Crippen molar-refractivity contribution in [2.75, 3.05) is 13.2 Å². The second-order valence-electron chi connectivity index (χ2n) is 4.69. The van der Waals surface area contributed by atoms with E-state index in [1.54, 1.807) is 28.9 Å². The molecule has 0 radical (unpaired) electrons. The second kappa shape index (κ2) is 5.86. The second-order valence-corrected chi connectivity index (χ2v) is 4.69. The SMILES string of the molecule is CCOC(=O)C1CCCCN1C(=O)c1cn(C)cn1. The Balaban J connectivity index is 2.15. The van der Waals surface area contributed by atoms with Crippen LogP contribution in [0, 0.1) is 0 Å². The minimum Gasteiger partial charge on any atom is -0.464 e. The third kappa shape index (κ3) is 2.94. The van der Waals surface area contributed by atoms with E-state index in [0.717, 1.165) is 12.8 Å². The molecule has 6 heteroatoms. The van der Waals surface area contributed by atoms with Gasteiger partial charge in [-0.1, -0.05) is 0 Å². The molecule has 0 spiro atoms. The van der Waals surface area contributed by atoms with E-state index in [9.17, 15) is 9.59 Å². The summed E-state index contributed by atoms with van der Waals surface area (Å²) in [4.78, 5) is 29.9. The van der Waals surface area contributed by atoms with Crippen molar-refractivity contribution in [3.63, 3.8) is 0 Å². The van der Waals surface area contributed by atoms with Crippen LogP contribution in [0.5, 0.6) is 0 Å². The number of ether oxygens (including phenoxy) is 1. The predicted molar refractivity (Wildman–Crippen MR) is 68.5 cm³/mol. The van der Waals surface area contributed by atoms with Crippen molar-refractivity contribution >= 4 is 11.9 Å². The number of carbonyl (C=O) groups excluding carboxylic acids is 2. The Bertz CT molecular complexity index is 469. The van der Waals surface area contributed by atoms with E-state index in [2.05, 4.69) is 4.98 Å². The molecule has 1 amide bonds. The third-order valence-electron chi connectivity index (χ3n) is 3.25. The molecular weight excluding hydrogens is 246 g/mol. The highest BCUT2D eigenvalue weighted by molar-refractivity contribution is 5.95. The van der Waals surface area contributed by atoms with Crippen LogP contribution in [-0.2, 0) is 16.6 Å². The van der Waals surface area contributed by atoms with Gasteiger partial charge in [0.05, 0.1) is 12.9 Å². The topological polar surface area (TPSA) is 64.4 Å². The summed E-state index contributed by atoms with van der Waals surface area (Å²) in [5, 5.41) is 0. The molecule has 1 aliphatic heterocycles. The lowest BCUT2D eigenvalue weighted by Crippen LogP contribution is -2.48. The standard InChI is InChI=1S/C13H19N3O3/c1-3-19-13(18)11-6-4-5-7-16(11)12(17)10-8-15(2)9-14-10/h8-9,11H,3-7H2,1-2H3. The van der Waals surface area contributed by atoms with Gasteiger partial charge in [-0.25, -0.2) is 9.78 Å². The molecule has 1 atom stereocenters. The maximum atomic E-state index is 12.4. The Labute approximate surface area is 112 Å². The Morgan fingerprint density at radius 3 is 2.89 bits per heavy atom. The van der Waals surface area contributed by atoms with Gasteiger partial charge in [0.25, 0.3) is 5.91 Å². The van der Waals surface area contributed by atoms with Gasteiger partial charge in [-0.3, -0.25) is 4.79 Å². The van der Waals surface area contributed by atoms with Gasteiger partial charge in [-0.15, -0.1) is 0 Å². The average molecular weight is 265 g/mol. The van der Waals surface area contributed by atoms with Gasteiger partial charge < -0.3 is 14.2 Å². The van der Waals surface area contributed by atoms with Gasteiger partial charge in [0.15, 0.2) is 0 Å². The highest BCUT2D eigenvalue weighted by Crippen LogP contribution is 2.20. The summed E-state index contributed by atoms with van der Waals surface area (Å²) in [5.41, 5.74) is 0.374. The summed E-state index contributed by atoms with van der Waals surface area (Å²) >= 11 is 0. The number of hydrogen-bond donors (Lipinski definition) is 0. The summed E-state index contributed by atoms with van der Waals surface area (Å²) in [6.45, 7) is 2.69. The summed E-state index contributed by atoms with van der Waals surface area (Å²) < 4.78 is 6.76. The number of imidazole rings is 1. The van der Waals surface area contributed by atoms with Crippen molar-refractivity contribution in [2.45, 2.75) is 32.2 Å². The number of esters is 1. The number of nitrogens with zero attached hydrogens (tertiary/aromatic N) is 3. The Hall–Kier alpha value is -1.85. The molecule has 1 unspecified atom stereocenters. The van der Waals surface area contributed by atoms with Crippen LogP contribution in [0.15, 0.2) is 12.5 Å². The first-order valence-electron chi connectivity index (χ1n) is 6.59. The van der Waals surface area contributed by atoms with Crippen molar-refractivity contribution in [3.8, 4) is 0 Å². The summed E-state index contributed by atoms with van der Waals surface area (Å²) in [5.74, 6) is -0.509. The van der Waals surface area contributed by atoms with E-state index in [1.807, 2.05) is 7.05 Å². The molecule has 104 valence electrons. The van der Waals surface area contributed by atoms with Crippen LogP contribution in [0.2, 0.25) is 0 Å². The van der Waals surface area contributed by atoms with Crippen LogP contribution in [0.25, 0.3) is 0 Å². The summed E-state index contributed by atoms with van der Waals surface area (Å²) in [7, 11) is 1.81. The molecule has 2 rings (SSSR count). The van der Waals surface area contributed by atoms with Crippen molar-refractivity contribution < 1.29 is 14.3 Å². The largest absolute Gasteiger partial charge is 0.464 e. The van der Waals surface area contributed by atoms with Gasteiger partial charge in [0.1, 0.15) is 11.7 Å². The molecule has 1 fully saturated rings. The first-order valence-corrected chi connectivity index (χ1v) is 6.59. The van der Waals surface area contributed by atoms with Crippen molar-refractivity contribution in [1.29, 1.82) is 0 Å². The van der Waals surface area contributed by atoms with Crippen LogP contribution in [-0.4, -0.2) is 45.5 Å². The minimum absolute atomic E-state index is 0.196. The predicted octanol–water partition coefficient (Wildman–Crippen LogP) is 0.978. The lowest BCUT2D eigenvalue weighted by Gasteiger charge is -2.33. The highest BCUT2D eigenvalue weighted by Gasteiger charge is 2.34. The smallest absolute Gasteiger partial charge is 0.328 e. The van der Waals surface area contributed by atoms with Crippen LogP contribution in [0.1, 0.15) is 36.7 Å². The number of aromatic nitrogens is 2. The normalized spacial score (nSPS) is 19.3. The zero-order valence-corrected chi connectivity index (χ0v) is 11.3. The number of amides is 1.